The lowest BCUT2D eigenvalue weighted by molar-refractivity contribution is -0.146. The minimum atomic E-state index is -0.625. The van der Waals surface area contributed by atoms with Gasteiger partial charge in [0.1, 0.15) is 5.75 Å². The summed E-state index contributed by atoms with van der Waals surface area (Å²) in [7, 11) is 0. The SMILES string of the molecule is CC1(C)CCC(C(=O)O)C(CCCOc2ccccc2)C1. The molecule has 2 unspecified atom stereocenters. The Balaban J connectivity index is 1.80. The van der Waals surface area contributed by atoms with Crippen LogP contribution in [0, 0.1) is 17.3 Å². The molecule has 116 valence electrons. The molecule has 0 spiro atoms. The van der Waals surface area contributed by atoms with Gasteiger partial charge in [0, 0.05) is 0 Å². The van der Waals surface area contributed by atoms with E-state index >= 15 is 0 Å². The summed E-state index contributed by atoms with van der Waals surface area (Å²) in [6, 6.07) is 9.78. The molecule has 1 aromatic carbocycles. The Morgan fingerprint density at radius 1 is 1.33 bits per heavy atom. The Labute approximate surface area is 127 Å². The van der Waals surface area contributed by atoms with Gasteiger partial charge < -0.3 is 9.84 Å². The van der Waals surface area contributed by atoms with E-state index in [0.717, 1.165) is 37.9 Å². The number of carboxylic acid groups (broad SMARTS) is 1. The van der Waals surface area contributed by atoms with Crippen LogP contribution in [0.5, 0.6) is 5.75 Å². The number of aliphatic carboxylic acids is 1. The summed E-state index contributed by atoms with van der Waals surface area (Å²) >= 11 is 0. The van der Waals surface area contributed by atoms with E-state index in [1.807, 2.05) is 30.3 Å². The van der Waals surface area contributed by atoms with Gasteiger partial charge in [-0.2, -0.15) is 0 Å². The second-order valence-electron chi connectivity index (χ2n) is 6.92. The molecule has 0 bridgehead atoms. The van der Waals surface area contributed by atoms with Gasteiger partial charge >= 0.3 is 5.97 Å². The maximum atomic E-state index is 11.4. The Kier molecular flexibility index (Phi) is 5.27. The van der Waals surface area contributed by atoms with Crippen LogP contribution in [-0.4, -0.2) is 17.7 Å². The van der Waals surface area contributed by atoms with Gasteiger partial charge in [-0.15, -0.1) is 0 Å². The Bertz CT molecular complexity index is 453. The Hall–Kier alpha value is -1.51. The molecule has 2 atom stereocenters. The van der Waals surface area contributed by atoms with Crippen molar-refractivity contribution < 1.29 is 14.6 Å². The molecular formula is C18H26O3. The fraction of sp³-hybridized carbons (Fsp3) is 0.611. The summed E-state index contributed by atoms with van der Waals surface area (Å²) in [5, 5.41) is 9.38. The Morgan fingerprint density at radius 3 is 2.71 bits per heavy atom. The quantitative estimate of drug-likeness (QED) is 0.791. The molecule has 0 radical (unpaired) electrons. The predicted molar refractivity (Wildman–Crippen MR) is 83.4 cm³/mol. The predicted octanol–water partition coefficient (Wildman–Crippen LogP) is 4.37. The smallest absolute Gasteiger partial charge is 0.306 e. The van der Waals surface area contributed by atoms with E-state index in [0.29, 0.717) is 6.61 Å². The molecule has 3 nitrogen and oxygen atoms in total. The highest BCUT2D eigenvalue weighted by Crippen LogP contribution is 2.43. The molecule has 1 fully saturated rings. The van der Waals surface area contributed by atoms with Gasteiger partial charge in [0.25, 0.3) is 0 Å². The van der Waals surface area contributed by atoms with E-state index in [1.54, 1.807) is 0 Å². The van der Waals surface area contributed by atoms with Crippen LogP contribution in [0.25, 0.3) is 0 Å². The zero-order valence-electron chi connectivity index (χ0n) is 13.0. The molecule has 2 rings (SSSR count). The summed E-state index contributed by atoms with van der Waals surface area (Å²) < 4.78 is 5.70. The van der Waals surface area contributed by atoms with E-state index in [9.17, 15) is 9.90 Å². The number of para-hydroxylation sites is 1. The number of rotatable bonds is 6. The molecule has 0 aliphatic heterocycles. The van der Waals surface area contributed by atoms with E-state index in [-0.39, 0.29) is 17.3 Å². The first-order chi connectivity index (χ1) is 9.98. The van der Waals surface area contributed by atoms with E-state index in [1.165, 1.54) is 0 Å². The molecule has 0 amide bonds. The maximum absolute atomic E-state index is 11.4. The van der Waals surface area contributed by atoms with Crippen molar-refractivity contribution in [3.05, 3.63) is 30.3 Å². The van der Waals surface area contributed by atoms with Crippen molar-refractivity contribution in [3.8, 4) is 5.75 Å². The molecule has 1 aliphatic rings. The third-order valence-corrected chi connectivity index (χ3v) is 4.56. The van der Waals surface area contributed by atoms with Crippen LogP contribution >= 0.6 is 0 Å². The summed E-state index contributed by atoms with van der Waals surface area (Å²) in [4.78, 5) is 11.4. The van der Waals surface area contributed by atoms with Crippen LogP contribution in [0.3, 0.4) is 0 Å². The number of carbonyl (C=O) groups is 1. The summed E-state index contributed by atoms with van der Waals surface area (Å²) in [5.41, 5.74) is 0.275. The minimum Gasteiger partial charge on any atom is -0.494 e. The van der Waals surface area contributed by atoms with Gasteiger partial charge in [-0.3, -0.25) is 4.79 Å². The van der Waals surface area contributed by atoms with Crippen LogP contribution in [-0.2, 0) is 4.79 Å². The number of ether oxygens (including phenoxy) is 1. The van der Waals surface area contributed by atoms with E-state index in [4.69, 9.17) is 4.74 Å². The molecule has 0 aromatic heterocycles. The highest BCUT2D eigenvalue weighted by Gasteiger charge is 2.37. The molecule has 1 N–H and O–H groups in total. The van der Waals surface area contributed by atoms with Gasteiger partial charge in [-0.25, -0.2) is 0 Å². The van der Waals surface area contributed by atoms with Crippen LogP contribution in [0.1, 0.15) is 46.0 Å². The van der Waals surface area contributed by atoms with Crippen LogP contribution < -0.4 is 4.74 Å². The van der Waals surface area contributed by atoms with Crippen LogP contribution in [0.15, 0.2) is 30.3 Å². The van der Waals surface area contributed by atoms with Crippen molar-refractivity contribution in [2.75, 3.05) is 6.61 Å². The molecule has 0 heterocycles. The minimum absolute atomic E-state index is 0.172. The molecule has 1 aromatic rings. The van der Waals surface area contributed by atoms with Crippen molar-refractivity contribution in [3.63, 3.8) is 0 Å². The van der Waals surface area contributed by atoms with Crippen LogP contribution in [0.2, 0.25) is 0 Å². The summed E-state index contributed by atoms with van der Waals surface area (Å²) in [5.74, 6) is 0.371. The van der Waals surface area contributed by atoms with Gasteiger partial charge in [0.15, 0.2) is 0 Å². The largest absolute Gasteiger partial charge is 0.494 e. The maximum Gasteiger partial charge on any atom is 0.306 e. The number of hydrogen-bond acceptors (Lipinski definition) is 2. The monoisotopic (exact) mass is 290 g/mol. The zero-order chi connectivity index (χ0) is 15.3. The first kappa shape index (κ1) is 15.9. The fourth-order valence-electron chi connectivity index (χ4n) is 3.42. The second kappa shape index (κ2) is 6.97. The molecule has 3 heteroatoms. The van der Waals surface area contributed by atoms with Crippen molar-refractivity contribution in [1.29, 1.82) is 0 Å². The number of benzene rings is 1. The highest BCUT2D eigenvalue weighted by atomic mass is 16.5. The van der Waals surface area contributed by atoms with Crippen molar-refractivity contribution in [1.82, 2.24) is 0 Å². The van der Waals surface area contributed by atoms with Crippen molar-refractivity contribution >= 4 is 5.97 Å². The first-order valence-corrected chi connectivity index (χ1v) is 7.89. The highest BCUT2D eigenvalue weighted by molar-refractivity contribution is 5.70. The molecule has 1 saturated carbocycles. The number of carboxylic acids is 1. The normalized spacial score (nSPS) is 24.5. The van der Waals surface area contributed by atoms with Gasteiger partial charge in [-0.05, 0) is 55.6 Å². The molecular weight excluding hydrogens is 264 g/mol. The molecule has 21 heavy (non-hydrogen) atoms. The third-order valence-electron chi connectivity index (χ3n) is 4.56. The topological polar surface area (TPSA) is 46.5 Å². The average Bonchev–Trinajstić information content (AvgIpc) is 2.43. The summed E-state index contributed by atoms with van der Waals surface area (Å²) in [6.07, 6.45) is 4.69. The third kappa shape index (κ3) is 4.76. The van der Waals surface area contributed by atoms with Crippen molar-refractivity contribution in [2.24, 2.45) is 17.3 Å². The zero-order valence-corrected chi connectivity index (χ0v) is 13.0. The second-order valence-corrected chi connectivity index (χ2v) is 6.92. The molecule has 1 aliphatic carbocycles. The van der Waals surface area contributed by atoms with E-state index < -0.39 is 5.97 Å². The van der Waals surface area contributed by atoms with Crippen molar-refractivity contribution in [2.45, 2.75) is 46.0 Å². The van der Waals surface area contributed by atoms with E-state index in [2.05, 4.69) is 13.8 Å². The fourth-order valence-corrected chi connectivity index (χ4v) is 3.42. The standard InChI is InChI=1S/C18H26O3/c1-18(2)11-10-16(17(19)20)14(13-18)7-6-12-21-15-8-4-3-5-9-15/h3-5,8-9,14,16H,6-7,10-13H2,1-2H3,(H,19,20). The van der Waals surface area contributed by atoms with Gasteiger partial charge in [-0.1, -0.05) is 32.0 Å². The number of hydrogen-bond donors (Lipinski definition) is 1. The Morgan fingerprint density at radius 2 is 2.05 bits per heavy atom. The van der Waals surface area contributed by atoms with Gasteiger partial charge in [0.05, 0.1) is 12.5 Å². The average molecular weight is 290 g/mol. The lowest BCUT2D eigenvalue weighted by Crippen LogP contribution is -2.34. The summed E-state index contributed by atoms with van der Waals surface area (Å²) in [6.45, 7) is 5.16. The van der Waals surface area contributed by atoms with Crippen LogP contribution in [0.4, 0.5) is 0 Å². The lowest BCUT2D eigenvalue weighted by Gasteiger charge is -2.39. The molecule has 0 saturated heterocycles. The lowest BCUT2D eigenvalue weighted by atomic mass is 9.66. The first-order valence-electron chi connectivity index (χ1n) is 7.89. The van der Waals surface area contributed by atoms with Gasteiger partial charge in [0.2, 0.25) is 0 Å².